The molecule has 1 unspecified atom stereocenters. The van der Waals surface area contributed by atoms with Gasteiger partial charge in [0.1, 0.15) is 0 Å². The summed E-state index contributed by atoms with van der Waals surface area (Å²) in [6, 6.07) is 0.264. The van der Waals surface area contributed by atoms with E-state index in [-0.39, 0.29) is 6.04 Å². The van der Waals surface area contributed by atoms with Crippen molar-refractivity contribution in [2.24, 2.45) is 0 Å². The molecule has 0 aliphatic rings. The van der Waals surface area contributed by atoms with Crippen molar-refractivity contribution >= 4 is 17.3 Å². The van der Waals surface area contributed by atoms with Gasteiger partial charge in [-0.3, -0.25) is 0 Å². The molecule has 6 heteroatoms. The first kappa shape index (κ1) is 12.1. The Morgan fingerprint density at radius 1 is 1.53 bits per heavy atom. The molecule has 0 saturated heterocycles. The number of rotatable bonds is 6. The van der Waals surface area contributed by atoms with Crippen LogP contribution in [0.5, 0.6) is 0 Å². The molecule has 0 aromatic carbocycles. The highest BCUT2D eigenvalue weighted by Crippen LogP contribution is 2.14. The molecule has 2 aromatic heterocycles. The second-order valence-electron chi connectivity index (χ2n) is 3.80. The Hall–Kier alpha value is -1.40. The van der Waals surface area contributed by atoms with Gasteiger partial charge >= 0.3 is 0 Å². The average Bonchev–Trinajstić information content (AvgIpc) is 2.98. The number of imidazole rings is 1. The fourth-order valence-electron chi connectivity index (χ4n) is 1.62. The Morgan fingerprint density at radius 3 is 3.12 bits per heavy atom. The third kappa shape index (κ3) is 3.04. The predicted octanol–water partition coefficient (Wildman–Crippen LogP) is 2.16. The second-order valence-corrected chi connectivity index (χ2v) is 4.51. The monoisotopic (exact) mass is 252 g/mol. The van der Waals surface area contributed by atoms with Gasteiger partial charge < -0.3 is 14.6 Å². The van der Waals surface area contributed by atoms with Crippen molar-refractivity contribution in [2.45, 2.75) is 19.5 Å². The molecule has 0 amide bonds. The Kier molecular flexibility index (Phi) is 4.11. The van der Waals surface area contributed by atoms with Crippen LogP contribution in [0.2, 0.25) is 0 Å². The first-order valence-corrected chi connectivity index (χ1v) is 6.38. The van der Waals surface area contributed by atoms with Gasteiger partial charge in [0.25, 0.3) is 0 Å². The smallest absolute Gasteiger partial charge is 0.203 e. The molecule has 0 saturated carbocycles. The third-order valence-electron chi connectivity index (χ3n) is 2.46. The zero-order valence-corrected chi connectivity index (χ0v) is 10.8. The van der Waals surface area contributed by atoms with Gasteiger partial charge in [0.05, 0.1) is 30.4 Å². The summed E-state index contributed by atoms with van der Waals surface area (Å²) in [7, 11) is 1.70. The van der Waals surface area contributed by atoms with Crippen LogP contribution in [0.25, 0.3) is 0 Å². The van der Waals surface area contributed by atoms with Crippen LogP contribution in [0.15, 0.2) is 23.3 Å². The van der Waals surface area contributed by atoms with E-state index in [0.29, 0.717) is 13.2 Å². The molecule has 0 aliphatic heterocycles. The van der Waals surface area contributed by atoms with E-state index in [2.05, 4.69) is 26.8 Å². The molecular formula is C11H16N4OS. The molecule has 92 valence electrons. The van der Waals surface area contributed by atoms with Gasteiger partial charge in [0, 0.05) is 24.9 Å². The molecule has 0 radical (unpaired) electrons. The van der Waals surface area contributed by atoms with Crippen LogP contribution in [-0.4, -0.2) is 28.3 Å². The standard InChI is InChI=1S/C11H16N4OS/c1-9(6-16-2)15-4-3-12-11(15)13-5-10-7-17-8-14-10/h3-4,7-9H,5-6H2,1-2H3,(H,12,13). The molecule has 2 rings (SSSR count). The zero-order valence-electron chi connectivity index (χ0n) is 9.96. The molecule has 1 atom stereocenters. The number of nitrogens with one attached hydrogen (secondary N) is 1. The summed E-state index contributed by atoms with van der Waals surface area (Å²) in [4.78, 5) is 8.51. The van der Waals surface area contributed by atoms with Crippen LogP contribution in [-0.2, 0) is 11.3 Å². The minimum absolute atomic E-state index is 0.264. The Morgan fingerprint density at radius 2 is 2.41 bits per heavy atom. The van der Waals surface area contributed by atoms with Crippen LogP contribution in [0.1, 0.15) is 18.7 Å². The van der Waals surface area contributed by atoms with Crippen molar-refractivity contribution in [3.05, 3.63) is 29.0 Å². The van der Waals surface area contributed by atoms with Crippen molar-refractivity contribution in [2.75, 3.05) is 19.0 Å². The predicted molar refractivity (Wildman–Crippen MR) is 68.3 cm³/mol. The number of methoxy groups -OCH3 is 1. The van der Waals surface area contributed by atoms with Crippen LogP contribution in [0.3, 0.4) is 0 Å². The Labute approximate surface area is 104 Å². The maximum Gasteiger partial charge on any atom is 0.203 e. The third-order valence-corrected chi connectivity index (χ3v) is 3.10. The molecule has 2 aromatic rings. The summed E-state index contributed by atoms with van der Waals surface area (Å²) in [5.41, 5.74) is 2.86. The zero-order chi connectivity index (χ0) is 12.1. The van der Waals surface area contributed by atoms with Gasteiger partial charge in [-0.2, -0.15) is 0 Å². The van der Waals surface area contributed by atoms with Crippen molar-refractivity contribution in [1.29, 1.82) is 0 Å². The average molecular weight is 252 g/mol. The van der Waals surface area contributed by atoms with Crippen LogP contribution in [0, 0.1) is 0 Å². The van der Waals surface area contributed by atoms with Gasteiger partial charge in [-0.1, -0.05) is 0 Å². The number of aromatic nitrogens is 3. The van der Waals surface area contributed by atoms with Gasteiger partial charge in [-0.25, -0.2) is 9.97 Å². The summed E-state index contributed by atoms with van der Waals surface area (Å²) in [5.74, 6) is 0.850. The van der Waals surface area contributed by atoms with E-state index in [1.807, 2.05) is 17.1 Å². The number of thiazole rings is 1. The van der Waals surface area contributed by atoms with E-state index in [1.165, 1.54) is 0 Å². The minimum Gasteiger partial charge on any atom is -0.383 e. The molecule has 2 heterocycles. The highest BCUT2D eigenvalue weighted by Gasteiger charge is 2.09. The van der Waals surface area contributed by atoms with E-state index < -0.39 is 0 Å². The van der Waals surface area contributed by atoms with Crippen molar-refractivity contribution < 1.29 is 4.74 Å². The molecule has 1 N–H and O–H groups in total. The van der Waals surface area contributed by atoms with Gasteiger partial charge in [0.15, 0.2) is 0 Å². The van der Waals surface area contributed by atoms with E-state index >= 15 is 0 Å². The van der Waals surface area contributed by atoms with E-state index in [1.54, 1.807) is 24.6 Å². The normalized spacial score (nSPS) is 12.6. The first-order valence-electron chi connectivity index (χ1n) is 5.44. The molecule has 0 fully saturated rings. The second kappa shape index (κ2) is 5.79. The highest BCUT2D eigenvalue weighted by molar-refractivity contribution is 7.07. The number of hydrogen-bond donors (Lipinski definition) is 1. The summed E-state index contributed by atoms with van der Waals surface area (Å²) in [6.07, 6.45) is 3.74. The van der Waals surface area contributed by atoms with Crippen LogP contribution < -0.4 is 5.32 Å². The maximum absolute atomic E-state index is 5.15. The summed E-state index contributed by atoms with van der Waals surface area (Å²) < 4.78 is 7.21. The maximum atomic E-state index is 5.15. The lowest BCUT2D eigenvalue weighted by Gasteiger charge is -2.15. The Bertz CT molecular complexity index is 440. The quantitative estimate of drug-likeness (QED) is 0.856. The van der Waals surface area contributed by atoms with Crippen molar-refractivity contribution in [1.82, 2.24) is 14.5 Å². The lowest BCUT2D eigenvalue weighted by atomic mass is 10.3. The number of ether oxygens (including phenoxy) is 1. The van der Waals surface area contributed by atoms with E-state index in [4.69, 9.17) is 4.74 Å². The lowest BCUT2D eigenvalue weighted by molar-refractivity contribution is 0.163. The molecule has 0 spiro atoms. The molecule has 17 heavy (non-hydrogen) atoms. The topological polar surface area (TPSA) is 52.0 Å². The fourth-order valence-corrected chi connectivity index (χ4v) is 2.18. The fraction of sp³-hybridized carbons (Fsp3) is 0.455. The number of hydrogen-bond acceptors (Lipinski definition) is 5. The highest BCUT2D eigenvalue weighted by atomic mass is 32.1. The van der Waals surface area contributed by atoms with Crippen LogP contribution >= 0.6 is 11.3 Å². The van der Waals surface area contributed by atoms with Gasteiger partial charge in [-0.05, 0) is 6.92 Å². The van der Waals surface area contributed by atoms with Crippen molar-refractivity contribution in [3.8, 4) is 0 Å². The molecular weight excluding hydrogens is 236 g/mol. The number of nitrogens with zero attached hydrogens (tertiary/aromatic N) is 3. The van der Waals surface area contributed by atoms with E-state index in [9.17, 15) is 0 Å². The first-order chi connectivity index (χ1) is 8.31. The van der Waals surface area contributed by atoms with Gasteiger partial charge in [0.2, 0.25) is 5.95 Å². The molecule has 0 bridgehead atoms. The van der Waals surface area contributed by atoms with Crippen LogP contribution in [0.4, 0.5) is 5.95 Å². The summed E-state index contributed by atoms with van der Waals surface area (Å²) in [5, 5.41) is 5.30. The largest absolute Gasteiger partial charge is 0.383 e. The van der Waals surface area contributed by atoms with Crippen molar-refractivity contribution in [3.63, 3.8) is 0 Å². The van der Waals surface area contributed by atoms with Gasteiger partial charge in [-0.15, -0.1) is 11.3 Å². The minimum atomic E-state index is 0.264. The number of anilines is 1. The van der Waals surface area contributed by atoms with E-state index in [0.717, 1.165) is 11.6 Å². The Balaban J connectivity index is 1.99. The summed E-state index contributed by atoms with van der Waals surface area (Å²) >= 11 is 1.60. The summed E-state index contributed by atoms with van der Waals surface area (Å²) in [6.45, 7) is 3.46. The lowest BCUT2D eigenvalue weighted by Crippen LogP contribution is -2.14. The molecule has 0 aliphatic carbocycles. The SMILES string of the molecule is COCC(C)n1ccnc1NCc1cscn1. The molecule has 5 nitrogen and oxygen atoms in total.